The van der Waals surface area contributed by atoms with Crippen molar-refractivity contribution >= 4 is 21.0 Å². The second-order valence-electron chi connectivity index (χ2n) is 7.26. The lowest BCUT2D eigenvalue weighted by Crippen LogP contribution is -2.31. The van der Waals surface area contributed by atoms with Crippen molar-refractivity contribution in [3.8, 4) is 0 Å². The third-order valence-corrected chi connectivity index (χ3v) is 7.06. The Kier molecular flexibility index (Phi) is 5.51. The summed E-state index contributed by atoms with van der Waals surface area (Å²) in [5.41, 5.74) is 2.02. The molecule has 0 spiro atoms. The lowest BCUT2D eigenvalue weighted by atomic mass is 10.0. The summed E-state index contributed by atoms with van der Waals surface area (Å²) in [5, 5.41) is 0.621. The van der Waals surface area contributed by atoms with E-state index >= 15 is 0 Å². The third-order valence-electron chi connectivity index (χ3n) is 5.23. The van der Waals surface area contributed by atoms with Crippen molar-refractivity contribution in [2.45, 2.75) is 31.8 Å². The van der Waals surface area contributed by atoms with Gasteiger partial charge in [0.2, 0.25) is 10.0 Å². The van der Waals surface area contributed by atoms with E-state index < -0.39 is 26.4 Å². The molecule has 2 aromatic carbocycles. The Morgan fingerprint density at radius 1 is 1.00 bits per heavy atom. The van der Waals surface area contributed by atoms with Crippen LogP contribution in [0.1, 0.15) is 22.5 Å². The van der Waals surface area contributed by atoms with E-state index in [9.17, 15) is 17.6 Å². The molecule has 0 saturated carbocycles. The number of aryl methyl sites for hydroxylation is 2. The van der Waals surface area contributed by atoms with Crippen LogP contribution in [0.2, 0.25) is 0 Å². The van der Waals surface area contributed by atoms with Gasteiger partial charge < -0.3 is 8.83 Å². The number of sulfonamides is 1. The monoisotopic (exact) mass is 441 g/mol. The van der Waals surface area contributed by atoms with Gasteiger partial charge in [-0.3, -0.25) is 0 Å². The minimum absolute atomic E-state index is 0.129. The van der Waals surface area contributed by atoms with Gasteiger partial charge in [0.15, 0.2) is 0 Å². The van der Waals surface area contributed by atoms with Gasteiger partial charge in [-0.25, -0.2) is 17.6 Å². The van der Waals surface area contributed by atoms with E-state index in [4.69, 9.17) is 8.83 Å². The highest BCUT2D eigenvalue weighted by Crippen LogP contribution is 2.28. The van der Waals surface area contributed by atoms with E-state index in [1.807, 2.05) is 19.9 Å². The van der Waals surface area contributed by atoms with Gasteiger partial charge in [-0.05, 0) is 54.8 Å². The second kappa shape index (κ2) is 8.13. The zero-order valence-electron chi connectivity index (χ0n) is 17.0. The van der Waals surface area contributed by atoms with E-state index in [2.05, 4.69) is 0 Å². The van der Waals surface area contributed by atoms with Crippen LogP contribution in [0.25, 0.3) is 11.0 Å². The maximum absolute atomic E-state index is 14.4. The Bertz CT molecular complexity index is 1410. The highest BCUT2D eigenvalue weighted by atomic mass is 32.2. The third kappa shape index (κ3) is 4.04. The van der Waals surface area contributed by atoms with Crippen molar-refractivity contribution in [1.82, 2.24) is 4.31 Å². The Hall–Kier alpha value is -3.23. The van der Waals surface area contributed by atoms with Crippen LogP contribution < -0.4 is 5.63 Å². The first kappa shape index (κ1) is 21.0. The standard InChI is InChI=1S/C23H20FNO5S/c1-15-9-10-19-17(12-22(26)30-23(19)16(15)2)13-25(14-18-6-5-11-29-18)31(27,28)21-8-4-3-7-20(21)24/h3-12H,13-14H2,1-2H3. The molecule has 0 fully saturated rings. The number of rotatable bonds is 6. The molecule has 0 bridgehead atoms. The van der Waals surface area contributed by atoms with Crippen LogP contribution in [-0.2, 0) is 23.1 Å². The van der Waals surface area contributed by atoms with Gasteiger partial charge in [0.25, 0.3) is 0 Å². The number of fused-ring (bicyclic) bond motifs is 1. The smallest absolute Gasteiger partial charge is 0.336 e. The summed E-state index contributed by atoms with van der Waals surface area (Å²) >= 11 is 0. The summed E-state index contributed by atoms with van der Waals surface area (Å²) in [7, 11) is -4.24. The average molecular weight is 441 g/mol. The summed E-state index contributed by atoms with van der Waals surface area (Å²) in [4.78, 5) is 11.8. The van der Waals surface area contributed by atoms with Gasteiger partial charge in [0.05, 0.1) is 12.8 Å². The van der Waals surface area contributed by atoms with E-state index in [0.717, 1.165) is 21.5 Å². The van der Waals surface area contributed by atoms with Crippen LogP contribution in [0.5, 0.6) is 0 Å². The quantitative estimate of drug-likeness (QED) is 0.411. The van der Waals surface area contributed by atoms with E-state index in [1.54, 1.807) is 18.2 Å². The van der Waals surface area contributed by atoms with Crippen molar-refractivity contribution in [3.63, 3.8) is 0 Å². The zero-order valence-corrected chi connectivity index (χ0v) is 17.8. The average Bonchev–Trinajstić information content (AvgIpc) is 3.24. The fourth-order valence-electron chi connectivity index (χ4n) is 3.44. The van der Waals surface area contributed by atoms with E-state index in [-0.39, 0.29) is 13.1 Å². The number of hydrogen-bond donors (Lipinski definition) is 0. The van der Waals surface area contributed by atoms with E-state index in [1.165, 1.54) is 30.5 Å². The largest absolute Gasteiger partial charge is 0.468 e. The van der Waals surface area contributed by atoms with E-state index in [0.29, 0.717) is 22.3 Å². The van der Waals surface area contributed by atoms with Crippen molar-refractivity contribution in [3.05, 3.63) is 99.5 Å². The minimum atomic E-state index is -4.24. The molecule has 0 amide bonds. The molecule has 2 aromatic heterocycles. The molecule has 31 heavy (non-hydrogen) atoms. The Morgan fingerprint density at radius 3 is 2.48 bits per heavy atom. The first-order chi connectivity index (χ1) is 14.8. The van der Waals surface area contributed by atoms with Gasteiger partial charge in [0, 0.05) is 18.0 Å². The Labute approximate surface area is 178 Å². The molecule has 8 heteroatoms. The lowest BCUT2D eigenvalue weighted by Gasteiger charge is -2.22. The summed E-state index contributed by atoms with van der Waals surface area (Å²) in [6, 6.07) is 13.4. The molecule has 6 nitrogen and oxygen atoms in total. The molecule has 160 valence electrons. The summed E-state index contributed by atoms with van der Waals surface area (Å²) in [5.74, 6) is -0.463. The maximum atomic E-state index is 14.4. The van der Waals surface area contributed by atoms with Crippen LogP contribution in [0, 0.1) is 19.7 Å². The topological polar surface area (TPSA) is 80.7 Å². The van der Waals surface area contributed by atoms with Gasteiger partial charge in [-0.1, -0.05) is 24.3 Å². The van der Waals surface area contributed by atoms with Crippen molar-refractivity contribution in [2.24, 2.45) is 0 Å². The molecule has 0 aliphatic rings. The normalized spacial score (nSPS) is 12.0. The predicted molar refractivity (Wildman–Crippen MR) is 113 cm³/mol. The van der Waals surface area contributed by atoms with Crippen LogP contribution in [0.15, 0.2) is 79.4 Å². The molecule has 0 saturated heterocycles. The van der Waals surface area contributed by atoms with Gasteiger partial charge in [0.1, 0.15) is 22.1 Å². The first-order valence-corrected chi connectivity index (χ1v) is 11.0. The second-order valence-corrected chi connectivity index (χ2v) is 9.16. The molecule has 0 atom stereocenters. The summed E-state index contributed by atoms with van der Waals surface area (Å²) < 4.78 is 52.9. The van der Waals surface area contributed by atoms with Crippen molar-refractivity contribution in [1.29, 1.82) is 0 Å². The molecule has 4 aromatic rings. The minimum Gasteiger partial charge on any atom is -0.468 e. The number of halogens is 1. The zero-order chi connectivity index (χ0) is 22.2. The molecular weight excluding hydrogens is 421 g/mol. The Morgan fingerprint density at radius 2 is 1.77 bits per heavy atom. The predicted octanol–water partition coefficient (Wildman–Crippen LogP) is 4.53. The van der Waals surface area contributed by atoms with Gasteiger partial charge >= 0.3 is 5.63 Å². The van der Waals surface area contributed by atoms with Crippen LogP contribution >= 0.6 is 0 Å². The van der Waals surface area contributed by atoms with Gasteiger partial charge in [-0.2, -0.15) is 4.31 Å². The molecule has 0 radical (unpaired) electrons. The molecule has 0 unspecified atom stereocenters. The molecule has 4 rings (SSSR count). The first-order valence-electron chi connectivity index (χ1n) is 9.57. The molecule has 2 heterocycles. The summed E-state index contributed by atoms with van der Waals surface area (Å²) in [6.45, 7) is 3.44. The number of benzene rings is 2. The van der Waals surface area contributed by atoms with Crippen LogP contribution in [0.3, 0.4) is 0 Å². The molecule has 0 aliphatic heterocycles. The van der Waals surface area contributed by atoms with Crippen molar-refractivity contribution in [2.75, 3.05) is 0 Å². The number of furan rings is 1. The maximum Gasteiger partial charge on any atom is 0.336 e. The summed E-state index contributed by atoms with van der Waals surface area (Å²) in [6.07, 6.45) is 1.43. The highest BCUT2D eigenvalue weighted by molar-refractivity contribution is 7.89. The highest BCUT2D eigenvalue weighted by Gasteiger charge is 2.29. The number of hydrogen-bond acceptors (Lipinski definition) is 5. The number of nitrogens with zero attached hydrogens (tertiary/aromatic N) is 1. The van der Waals surface area contributed by atoms with Gasteiger partial charge in [-0.15, -0.1) is 0 Å². The lowest BCUT2D eigenvalue weighted by molar-refractivity contribution is 0.356. The molecule has 0 aliphatic carbocycles. The fourth-order valence-corrected chi connectivity index (χ4v) is 4.89. The molecular formula is C23H20FNO5S. The van der Waals surface area contributed by atoms with Crippen LogP contribution in [-0.4, -0.2) is 12.7 Å². The Balaban J connectivity index is 1.86. The van der Waals surface area contributed by atoms with Crippen LogP contribution in [0.4, 0.5) is 4.39 Å². The fraction of sp³-hybridized carbons (Fsp3) is 0.174. The molecule has 0 N–H and O–H groups in total. The SMILES string of the molecule is Cc1ccc2c(CN(Cc3ccco3)S(=O)(=O)c3ccccc3F)cc(=O)oc2c1C. The van der Waals surface area contributed by atoms with Crippen molar-refractivity contribution < 1.29 is 21.6 Å².